The van der Waals surface area contributed by atoms with Crippen LogP contribution in [0.3, 0.4) is 0 Å². The van der Waals surface area contributed by atoms with Gasteiger partial charge in [0.05, 0.1) is 11.4 Å². The van der Waals surface area contributed by atoms with Gasteiger partial charge in [0, 0.05) is 5.56 Å². The lowest BCUT2D eigenvalue weighted by molar-refractivity contribution is -0.133. The Morgan fingerprint density at radius 2 is 2.22 bits per heavy atom. The quantitative estimate of drug-likeness (QED) is 0.632. The van der Waals surface area contributed by atoms with E-state index < -0.39 is 11.5 Å². The van der Waals surface area contributed by atoms with Gasteiger partial charge in [0.2, 0.25) is 6.79 Å². The summed E-state index contributed by atoms with van der Waals surface area (Å²) < 4.78 is 10.5. The molecule has 0 bridgehead atoms. The number of thioether (sulfide) groups is 1. The fourth-order valence-electron chi connectivity index (χ4n) is 2.01. The van der Waals surface area contributed by atoms with Gasteiger partial charge in [0.15, 0.2) is 16.7 Å². The van der Waals surface area contributed by atoms with Gasteiger partial charge >= 0.3 is 5.97 Å². The highest BCUT2D eigenvalue weighted by Crippen LogP contribution is 2.36. The number of fused-ring (bicyclic) bond motifs is 1. The van der Waals surface area contributed by atoms with Crippen LogP contribution in [0.4, 0.5) is 0 Å². The van der Waals surface area contributed by atoms with Crippen molar-refractivity contribution in [2.45, 2.75) is 5.16 Å². The van der Waals surface area contributed by atoms with Crippen LogP contribution in [-0.4, -0.2) is 33.6 Å². The Morgan fingerprint density at radius 1 is 1.43 bits per heavy atom. The molecule has 2 aromatic rings. The molecule has 0 radical (unpaired) electrons. The lowest BCUT2D eigenvalue weighted by Gasteiger charge is -2.06. The van der Waals surface area contributed by atoms with Gasteiger partial charge < -0.3 is 19.6 Å². The van der Waals surface area contributed by atoms with E-state index in [2.05, 4.69) is 9.97 Å². The van der Waals surface area contributed by atoms with E-state index in [1.807, 2.05) is 6.07 Å². The normalized spacial score (nSPS) is 12.0. The maximum absolute atomic E-state index is 12.0. The van der Waals surface area contributed by atoms with Gasteiger partial charge in [0.25, 0.3) is 5.56 Å². The van der Waals surface area contributed by atoms with E-state index in [9.17, 15) is 14.9 Å². The van der Waals surface area contributed by atoms with Crippen molar-refractivity contribution >= 4 is 17.7 Å². The molecular weight excluding hydrogens is 322 g/mol. The zero-order valence-electron chi connectivity index (χ0n) is 11.5. The molecule has 116 valence electrons. The summed E-state index contributed by atoms with van der Waals surface area (Å²) in [4.78, 5) is 29.2. The Bertz CT molecular complexity index is 887. The van der Waals surface area contributed by atoms with Crippen LogP contribution in [0.25, 0.3) is 11.3 Å². The average molecular weight is 331 g/mol. The van der Waals surface area contributed by atoms with Crippen LogP contribution in [-0.2, 0) is 4.79 Å². The van der Waals surface area contributed by atoms with Crippen molar-refractivity contribution in [3.8, 4) is 28.8 Å². The SMILES string of the molecule is N#Cc1c(-c2ccc3c(c2)OCO3)nc(SCC(=O)O)[nH]c1=O. The van der Waals surface area contributed by atoms with E-state index in [1.54, 1.807) is 18.2 Å². The van der Waals surface area contributed by atoms with Gasteiger partial charge in [-0.3, -0.25) is 9.59 Å². The molecule has 0 spiro atoms. The molecule has 0 fully saturated rings. The molecule has 8 nitrogen and oxygen atoms in total. The molecule has 1 aromatic heterocycles. The monoisotopic (exact) mass is 331 g/mol. The van der Waals surface area contributed by atoms with Crippen LogP contribution >= 0.6 is 11.8 Å². The fraction of sp³-hybridized carbons (Fsp3) is 0.143. The third-order valence-electron chi connectivity index (χ3n) is 2.99. The molecule has 1 aliphatic heterocycles. The molecular formula is C14H9N3O5S. The minimum atomic E-state index is -1.04. The first-order valence-electron chi connectivity index (χ1n) is 6.37. The zero-order valence-corrected chi connectivity index (χ0v) is 12.3. The minimum Gasteiger partial charge on any atom is -0.481 e. The number of nitrogens with one attached hydrogen (secondary N) is 1. The predicted molar refractivity (Wildman–Crippen MR) is 79.5 cm³/mol. The van der Waals surface area contributed by atoms with Gasteiger partial charge in [-0.25, -0.2) is 4.98 Å². The van der Waals surface area contributed by atoms with E-state index in [1.165, 1.54) is 0 Å². The number of hydrogen-bond acceptors (Lipinski definition) is 7. The maximum atomic E-state index is 12.0. The maximum Gasteiger partial charge on any atom is 0.313 e. The van der Waals surface area contributed by atoms with E-state index >= 15 is 0 Å². The Morgan fingerprint density at radius 3 is 2.96 bits per heavy atom. The molecule has 9 heteroatoms. The number of benzene rings is 1. The third kappa shape index (κ3) is 2.97. The second-order valence-electron chi connectivity index (χ2n) is 4.46. The number of carboxylic acids is 1. The Kier molecular flexibility index (Phi) is 3.91. The van der Waals surface area contributed by atoms with Crippen molar-refractivity contribution in [1.29, 1.82) is 5.26 Å². The van der Waals surface area contributed by atoms with E-state index in [4.69, 9.17) is 14.6 Å². The molecule has 23 heavy (non-hydrogen) atoms. The summed E-state index contributed by atoms with van der Waals surface area (Å²) in [6.07, 6.45) is 0. The first kappa shape index (κ1) is 14.9. The summed E-state index contributed by atoms with van der Waals surface area (Å²) >= 11 is 0.865. The molecule has 0 amide bonds. The highest BCUT2D eigenvalue weighted by Gasteiger charge is 2.18. The molecule has 0 saturated heterocycles. The Balaban J connectivity index is 2.08. The van der Waals surface area contributed by atoms with Gasteiger partial charge in [-0.2, -0.15) is 5.26 Å². The Hall–Kier alpha value is -2.99. The van der Waals surface area contributed by atoms with Crippen molar-refractivity contribution in [3.05, 3.63) is 34.1 Å². The molecule has 1 aromatic carbocycles. The summed E-state index contributed by atoms with van der Waals surface area (Å²) in [5.74, 6) is -0.229. The molecule has 3 rings (SSSR count). The number of nitriles is 1. The van der Waals surface area contributed by atoms with E-state index in [0.29, 0.717) is 17.1 Å². The average Bonchev–Trinajstić information content (AvgIpc) is 2.99. The number of nitrogens with zero attached hydrogens (tertiary/aromatic N) is 2. The summed E-state index contributed by atoms with van der Waals surface area (Å²) in [7, 11) is 0. The van der Waals surface area contributed by atoms with Gasteiger partial charge in [-0.15, -0.1) is 0 Å². The van der Waals surface area contributed by atoms with Crippen LogP contribution in [0.5, 0.6) is 11.5 Å². The summed E-state index contributed by atoms with van der Waals surface area (Å²) in [6, 6.07) is 6.75. The van der Waals surface area contributed by atoms with E-state index in [0.717, 1.165) is 11.8 Å². The first-order chi connectivity index (χ1) is 11.1. The van der Waals surface area contributed by atoms with Gasteiger partial charge in [0.1, 0.15) is 11.6 Å². The van der Waals surface area contributed by atoms with Crippen LogP contribution in [0.1, 0.15) is 5.56 Å². The topological polar surface area (TPSA) is 125 Å². The van der Waals surface area contributed by atoms with Crippen LogP contribution < -0.4 is 15.0 Å². The summed E-state index contributed by atoms with van der Waals surface area (Å²) in [5.41, 5.74) is -0.0943. The predicted octanol–water partition coefficient (Wildman–Crippen LogP) is 1.21. The number of carboxylic acid groups (broad SMARTS) is 1. The fourth-order valence-corrected chi connectivity index (χ4v) is 2.59. The second kappa shape index (κ2) is 6.02. The number of rotatable bonds is 4. The Labute approximate surface area is 133 Å². The van der Waals surface area contributed by atoms with Gasteiger partial charge in [-0.1, -0.05) is 11.8 Å². The number of aromatic amines is 1. The molecule has 2 N–H and O–H groups in total. The molecule has 0 aliphatic carbocycles. The highest BCUT2D eigenvalue weighted by molar-refractivity contribution is 7.99. The summed E-state index contributed by atoms with van der Waals surface area (Å²) in [5, 5.41) is 18.0. The molecule has 0 atom stereocenters. The lowest BCUT2D eigenvalue weighted by atomic mass is 10.1. The van der Waals surface area contributed by atoms with Crippen molar-refractivity contribution < 1.29 is 19.4 Å². The number of hydrogen-bond donors (Lipinski definition) is 2. The largest absolute Gasteiger partial charge is 0.481 e. The van der Waals surface area contributed by atoms with Crippen molar-refractivity contribution in [1.82, 2.24) is 9.97 Å². The number of ether oxygens (including phenoxy) is 2. The van der Waals surface area contributed by atoms with Crippen molar-refractivity contribution in [2.75, 3.05) is 12.5 Å². The third-order valence-corrected chi connectivity index (χ3v) is 3.85. The van der Waals surface area contributed by atoms with E-state index in [-0.39, 0.29) is 29.0 Å². The number of carbonyl (C=O) groups is 1. The summed E-state index contributed by atoms with van der Waals surface area (Å²) in [6.45, 7) is 0.104. The van der Waals surface area contributed by atoms with Crippen molar-refractivity contribution in [2.24, 2.45) is 0 Å². The smallest absolute Gasteiger partial charge is 0.313 e. The number of aliphatic carboxylic acids is 1. The van der Waals surface area contributed by atoms with Crippen molar-refractivity contribution in [3.63, 3.8) is 0 Å². The molecule has 2 heterocycles. The zero-order chi connectivity index (χ0) is 16.4. The van der Waals surface area contributed by atoms with Gasteiger partial charge in [-0.05, 0) is 18.2 Å². The number of H-pyrrole nitrogens is 1. The van der Waals surface area contributed by atoms with Crippen LogP contribution in [0.15, 0.2) is 28.2 Å². The minimum absolute atomic E-state index is 0.104. The molecule has 0 saturated carbocycles. The van der Waals surface area contributed by atoms with Crippen LogP contribution in [0, 0.1) is 11.3 Å². The number of aromatic nitrogens is 2. The molecule has 0 unspecified atom stereocenters. The standard InChI is InChI=1S/C14H9N3O5S/c15-4-8-12(7-1-2-9-10(3-7)22-6-21-9)16-14(17-13(8)20)23-5-11(18)19/h1-3H,5-6H2,(H,18,19)(H,16,17,20). The molecule has 1 aliphatic rings. The first-order valence-corrected chi connectivity index (χ1v) is 7.36. The highest BCUT2D eigenvalue weighted by atomic mass is 32.2. The lowest BCUT2D eigenvalue weighted by Crippen LogP contribution is -2.15. The van der Waals surface area contributed by atoms with Crippen LogP contribution in [0.2, 0.25) is 0 Å². The second-order valence-corrected chi connectivity index (χ2v) is 5.42.